The first-order valence-electron chi connectivity index (χ1n) is 6.94. The lowest BCUT2D eigenvalue weighted by Gasteiger charge is -2.21. The van der Waals surface area contributed by atoms with Gasteiger partial charge in [-0.05, 0) is 19.3 Å². The van der Waals surface area contributed by atoms with Gasteiger partial charge in [0.05, 0.1) is 18.7 Å². The van der Waals surface area contributed by atoms with Gasteiger partial charge in [-0.15, -0.1) is 0 Å². The highest BCUT2D eigenvalue weighted by atomic mass is 16.5. The topological polar surface area (TPSA) is 72.0 Å². The second kappa shape index (κ2) is 5.52. The summed E-state index contributed by atoms with van der Waals surface area (Å²) in [6.07, 6.45) is 1.70. The zero-order valence-electron chi connectivity index (χ0n) is 11.8. The summed E-state index contributed by atoms with van der Waals surface area (Å²) in [5.74, 6) is 0.0797. The fourth-order valence-corrected chi connectivity index (χ4v) is 2.72. The van der Waals surface area contributed by atoms with Gasteiger partial charge in [0, 0.05) is 11.1 Å². The molecule has 1 aromatic heterocycles. The van der Waals surface area contributed by atoms with Crippen molar-refractivity contribution in [2.75, 3.05) is 7.11 Å². The molecule has 1 heterocycles. The number of aromatic amines is 1. The Kier molecular flexibility index (Phi) is 3.56. The molecule has 21 heavy (non-hydrogen) atoms. The van der Waals surface area contributed by atoms with Gasteiger partial charge in [-0.3, -0.25) is 9.59 Å². The summed E-state index contributed by atoms with van der Waals surface area (Å²) < 4.78 is 4.77. The Morgan fingerprint density at radius 1 is 1.33 bits per heavy atom. The Morgan fingerprint density at radius 3 is 2.81 bits per heavy atom. The lowest BCUT2D eigenvalue weighted by atomic mass is 9.87. The standard InChI is InChI=1S/C16H16N2O3/c1-21-16(20)11-7-8-13-12(9-11)15(19)18-14(17-13)10-5-3-2-4-6-10/h2-6,11H,7-9H2,1H3,(H,17,18,19). The molecule has 108 valence electrons. The summed E-state index contributed by atoms with van der Waals surface area (Å²) in [7, 11) is 1.37. The van der Waals surface area contributed by atoms with Crippen LogP contribution in [0.25, 0.3) is 11.4 Å². The maximum Gasteiger partial charge on any atom is 0.309 e. The normalized spacial score (nSPS) is 17.1. The van der Waals surface area contributed by atoms with Crippen molar-refractivity contribution in [3.8, 4) is 11.4 Å². The molecule has 1 aromatic carbocycles. The van der Waals surface area contributed by atoms with E-state index in [0.29, 0.717) is 30.7 Å². The molecular weight excluding hydrogens is 268 g/mol. The van der Waals surface area contributed by atoms with E-state index in [4.69, 9.17) is 4.74 Å². The third-order valence-corrected chi connectivity index (χ3v) is 3.86. The third-order valence-electron chi connectivity index (χ3n) is 3.86. The molecule has 0 bridgehead atoms. The lowest BCUT2D eigenvalue weighted by molar-refractivity contribution is -0.145. The van der Waals surface area contributed by atoms with Gasteiger partial charge >= 0.3 is 5.97 Å². The molecule has 1 atom stereocenters. The number of carbonyl (C=O) groups is 1. The van der Waals surface area contributed by atoms with Crippen LogP contribution in [0.2, 0.25) is 0 Å². The highest BCUT2D eigenvalue weighted by molar-refractivity contribution is 5.73. The minimum Gasteiger partial charge on any atom is -0.469 e. The Bertz CT molecular complexity index is 722. The van der Waals surface area contributed by atoms with Crippen LogP contribution in [0.5, 0.6) is 0 Å². The predicted octanol–water partition coefficient (Wildman–Crippen LogP) is 1.71. The number of nitrogens with zero attached hydrogens (tertiary/aromatic N) is 1. The van der Waals surface area contributed by atoms with Gasteiger partial charge < -0.3 is 9.72 Å². The van der Waals surface area contributed by atoms with E-state index in [1.54, 1.807) is 0 Å². The number of aryl methyl sites for hydroxylation is 1. The molecule has 1 aliphatic carbocycles. The first-order chi connectivity index (χ1) is 10.2. The van der Waals surface area contributed by atoms with Crippen molar-refractivity contribution in [3.63, 3.8) is 0 Å². The number of ether oxygens (including phenoxy) is 1. The number of rotatable bonds is 2. The number of aromatic nitrogens is 2. The third kappa shape index (κ3) is 2.59. The SMILES string of the molecule is COC(=O)C1CCc2nc(-c3ccccc3)[nH]c(=O)c2C1. The smallest absolute Gasteiger partial charge is 0.309 e. The summed E-state index contributed by atoms with van der Waals surface area (Å²) >= 11 is 0. The molecule has 1 unspecified atom stereocenters. The average Bonchev–Trinajstić information content (AvgIpc) is 2.54. The largest absolute Gasteiger partial charge is 0.469 e. The fraction of sp³-hybridized carbons (Fsp3) is 0.312. The van der Waals surface area contributed by atoms with Crippen molar-refractivity contribution in [1.29, 1.82) is 0 Å². The van der Waals surface area contributed by atoms with Crippen LogP contribution in [0.1, 0.15) is 17.7 Å². The van der Waals surface area contributed by atoms with Crippen LogP contribution in [-0.4, -0.2) is 23.0 Å². The van der Waals surface area contributed by atoms with Crippen molar-refractivity contribution in [2.45, 2.75) is 19.3 Å². The van der Waals surface area contributed by atoms with E-state index in [2.05, 4.69) is 9.97 Å². The van der Waals surface area contributed by atoms with Crippen molar-refractivity contribution >= 4 is 5.97 Å². The highest BCUT2D eigenvalue weighted by Crippen LogP contribution is 2.24. The maximum absolute atomic E-state index is 12.3. The van der Waals surface area contributed by atoms with Crippen molar-refractivity contribution in [2.24, 2.45) is 5.92 Å². The van der Waals surface area contributed by atoms with Crippen LogP contribution in [0.3, 0.4) is 0 Å². The first-order valence-corrected chi connectivity index (χ1v) is 6.94. The zero-order chi connectivity index (χ0) is 14.8. The van der Waals surface area contributed by atoms with Crippen molar-refractivity contribution in [1.82, 2.24) is 9.97 Å². The van der Waals surface area contributed by atoms with E-state index in [9.17, 15) is 9.59 Å². The average molecular weight is 284 g/mol. The number of fused-ring (bicyclic) bond motifs is 1. The van der Waals surface area contributed by atoms with Crippen molar-refractivity contribution < 1.29 is 9.53 Å². The number of benzene rings is 1. The zero-order valence-corrected chi connectivity index (χ0v) is 11.8. The number of H-pyrrole nitrogens is 1. The number of nitrogens with one attached hydrogen (secondary N) is 1. The van der Waals surface area contributed by atoms with Crippen LogP contribution in [-0.2, 0) is 22.4 Å². The van der Waals surface area contributed by atoms with Crippen LogP contribution < -0.4 is 5.56 Å². The fourth-order valence-electron chi connectivity index (χ4n) is 2.72. The molecule has 3 rings (SSSR count). The summed E-state index contributed by atoms with van der Waals surface area (Å²) in [4.78, 5) is 31.3. The molecule has 5 heteroatoms. The van der Waals surface area contributed by atoms with Crippen LogP contribution in [0.4, 0.5) is 0 Å². The quantitative estimate of drug-likeness (QED) is 0.852. The summed E-state index contributed by atoms with van der Waals surface area (Å²) in [5.41, 5.74) is 2.12. The minimum absolute atomic E-state index is 0.160. The van der Waals surface area contributed by atoms with Crippen LogP contribution in [0, 0.1) is 5.92 Å². The molecule has 0 spiro atoms. The van der Waals surface area contributed by atoms with Crippen molar-refractivity contribution in [3.05, 3.63) is 51.9 Å². The van der Waals surface area contributed by atoms with E-state index in [0.717, 1.165) is 11.3 Å². The molecule has 5 nitrogen and oxygen atoms in total. The number of methoxy groups -OCH3 is 1. The Labute approximate surface area is 122 Å². The van der Waals surface area contributed by atoms with Gasteiger partial charge in [-0.2, -0.15) is 0 Å². The summed E-state index contributed by atoms with van der Waals surface area (Å²) in [6, 6.07) is 9.54. The molecule has 0 saturated carbocycles. The lowest BCUT2D eigenvalue weighted by Crippen LogP contribution is -2.30. The molecule has 1 aliphatic rings. The maximum atomic E-state index is 12.3. The summed E-state index contributed by atoms with van der Waals surface area (Å²) in [6.45, 7) is 0. The highest BCUT2D eigenvalue weighted by Gasteiger charge is 2.28. The Hall–Kier alpha value is -2.43. The molecule has 0 radical (unpaired) electrons. The van der Waals surface area contributed by atoms with Gasteiger partial charge in [0.1, 0.15) is 5.82 Å². The van der Waals surface area contributed by atoms with Gasteiger partial charge in [0.2, 0.25) is 0 Å². The Balaban J connectivity index is 1.98. The summed E-state index contributed by atoms with van der Waals surface area (Å²) in [5, 5.41) is 0. The van der Waals surface area contributed by atoms with E-state index >= 15 is 0 Å². The predicted molar refractivity (Wildman–Crippen MR) is 77.8 cm³/mol. The molecular formula is C16H16N2O3. The Morgan fingerprint density at radius 2 is 2.10 bits per heavy atom. The van der Waals surface area contributed by atoms with Gasteiger partial charge in [-0.1, -0.05) is 30.3 Å². The number of esters is 1. The van der Waals surface area contributed by atoms with E-state index in [1.165, 1.54) is 7.11 Å². The van der Waals surface area contributed by atoms with E-state index < -0.39 is 0 Å². The van der Waals surface area contributed by atoms with E-state index in [1.807, 2.05) is 30.3 Å². The van der Waals surface area contributed by atoms with Crippen LogP contribution >= 0.6 is 0 Å². The van der Waals surface area contributed by atoms with Gasteiger partial charge in [0.25, 0.3) is 5.56 Å². The molecule has 0 fully saturated rings. The molecule has 1 N–H and O–H groups in total. The second-order valence-electron chi connectivity index (χ2n) is 5.17. The first kappa shape index (κ1) is 13.5. The van der Waals surface area contributed by atoms with Gasteiger partial charge in [-0.25, -0.2) is 4.98 Å². The monoisotopic (exact) mass is 284 g/mol. The van der Waals surface area contributed by atoms with Crippen LogP contribution in [0.15, 0.2) is 35.1 Å². The van der Waals surface area contributed by atoms with Gasteiger partial charge in [0.15, 0.2) is 0 Å². The number of hydrogen-bond acceptors (Lipinski definition) is 4. The molecule has 0 aliphatic heterocycles. The molecule has 2 aromatic rings. The molecule has 0 saturated heterocycles. The number of hydrogen-bond donors (Lipinski definition) is 1. The minimum atomic E-state index is -0.257. The number of carbonyl (C=O) groups excluding carboxylic acids is 1. The molecule has 0 amide bonds. The second-order valence-corrected chi connectivity index (χ2v) is 5.17. The van der Waals surface area contributed by atoms with E-state index in [-0.39, 0.29) is 17.4 Å².